The third kappa shape index (κ3) is 10.9. The fraction of sp³-hybridized carbons (Fsp3) is 1.00. The predicted molar refractivity (Wildman–Crippen MR) is 27.9 cm³/mol. The van der Waals surface area contributed by atoms with E-state index >= 15 is 0 Å². The van der Waals surface area contributed by atoms with Crippen LogP contribution in [0.3, 0.4) is 0 Å². The van der Waals surface area contributed by atoms with Crippen molar-refractivity contribution >= 4 is 0 Å². The number of hydrogen-bond acceptors (Lipinski definition) is 0. The molecule has 0 radical (unpaired) electrons. The first-order valence-electron chi connectivity index (χ1n) is 2.56. The molecule has 0 unspecified atom stereocenters. The molecule has 43 valence electrons. The predicted octanol–water partition coefficient (Wildman–Crippen LogP) is 1.32. The van der Waals surface area contributed by atoms with Crippen LogP contribution in [0, 0.1) is 0 Å². The van der Waals surface area contributed by atoms with Gasteiger partial charge in [-0.05, 0) is 0 Å². The molecule has 0 amide bonds. The Morgan fingerprint density at radius 1 is 1.29 bits per heavy atom. The molecule has 1 nitrogen and oxygen atoms in total. The fourth-order valence-electron chi connectivity index (χ4n) is 0.375. The van der Waals surface area contributed by atoms with Gasteiger partial charge in [-0.15, -0.1) is 0 Å². The number of rotatable bonds is 3. The molecule has 0 aromatic heterocycles. The average Bonchev–Trinajstić information content (AvgIpc) is 1.61. The van der Waals surface area contributed by atoms with Crippen molar-refractivity contribution in [1.29, 1.82) is 0 Å². The standard InChI is InChI=1S/C5H11.H2O.Zr/c1-3-5-4-2;;/h1,3-5H2,2H3;1H2;. The van der Waals surface area contributed by atoms with Gasteiger partial charge in [-0.3, -0.25) is 0 Å². The minimum atomic E-state index is 0. The second-order valence-electron chi connectivity index (χ2n) is 1.46. The van der Waals surface area contributed by atoms with E-state index in [4.69, 9.17) is 0 Å². The summed E-state index contributed by atoms with van der Waals surface area (Å²) in [7, 11) is 0. The number of unbranched alkanes of at least 4 members (excludes halogenated alkanes) is 2. The van der Waals surface area contributed by atoms with E-state index in [1.165, 1.54) is 23.4 Å². The van der Waals surface area contributed by atoms with Gasteiger partial charge in [0, 0.05) is 0 Å². The van der Waals surface area contributed by atoms with Crippen LogP contribution in [0.1, 0.15) is 26.2 Å². The summed E-state index contributed by atoms with van der Waals surface area (Å²) in [4.78, 5) is 0. The summed E-state index contributed by atoms with van der Waals surface area (Å²) in [5.41, 5.74) is 0. The molecule has 0 aliphatic carbocycles. The van der Waals surface area contributed by atoms with Crippen LogP contribution in [-0.4, -0.2) is 5.48 Å². The maximum atomic E-state index is 2.24. The molecule has 0 fully saturated rings. The summed E-state index contributed by atoms with van der Waals surface area (Å²) in [6, 6.07) is 0. The molecule has 2 heteroatoms. The van der Waals surface area contributed by atoms with Crippen molar-refractivity contribution in [3.63, 3.8) is 0 Å². The van der Waals surface area contributed by atoms with Gasteiger partial charge in [-0.25, -0.2) is 0 Å². The van der Waals surface area contributed by atoms with Crippen molar-refractivity contribution < 1.29 is 30.2 Å². The summed E-state index contributed by atoms with van der Waals surface area (Å²) < 4.78 is 1.44. The Bertz CT molecular complexity index is 20.0. The Balaban J connectivity index is 0. The van der Waals surface area contributed by atoms with Gasteiger partial charge in [0.25, 0.3) is 0 Å². The quantitative estimate of drug-likeness (QED) is 0.587. The molecule has 0 atom stereocenters. The molecule has 0 bridgehead atoms. The molecule has 0 aromatic rings. The summed E-state index contributed by atoms with van der Waals surface area (Å²) in [5, 5.41) is 0. The van der Waals surface area contributed by atoms with Crippen molar-refractivity contribution in [2.45, 2.75) is 30.3 Å². The average molecular weight is 180 g/mol. The van der Waals surface area contributed by atoms with Gasteiger partial charge >= 0.3 is 55.0 Å². The van der Waals surface area contributed by atoms with Gasteiger partial charge in [0.2, 0.25) is 0 Å². The zero-order valence-electron chi connectivity index (χ0n) is 4.83. The molecule has 0 aliphatic heterocycles. The van der Waals surface area contributed by atoms with Crippen LogP contribution >= 0.6 is 0 Å². The Kier molecular flexibility index (Phi) is 15.3. The molecule has 0 rings (SSSR count). The first-order valence-corrected chi connectivity index (χ1v) is 4.30. The Labute approximate surface area is 60.6 Å². The van der Waals surface area contributed by atoms with Crippen LogP contribution < -0.4 is 0 Å². The Hall–Kier alpha value is 0.843. The smallest absolute Gasteiger partial charge is 0.412 e. The van der Waals surface area contributed by atoms with E-state index in [-0.39, 0.29) is 5.48 Å². The maximum Gasteiger partial charge on any atom is -0.412 e. The third-order valence-electron chi connectivity index (χ3n) is 0.780. The van der Waals surface area contributed by atoms with Gasteiger partial charge in [0.1, 0.15) is 0 Å². The van der Waals surface area contributed by atoms with Crippen LogP contribution in [0.25, 0.3) is 0 Å². The molecule has 7 heavy (non-hydrogen) atoms. The first kappa shape index (κ1) is 10.8. The van der Waals surface area contributed by atoms with Crippen molar-refractivity contribution in [3.05, 3.63) is 0 Å². The maximum absolute atomic E-state index is 2.24. The van der Waals surface area contributed by atoms with Crippen LogP contribution in [0.15, 0.2) is 0 Å². The van der Waals surface area contributed by atoms with E-state index in [9.17, 15) is 0 Å². The largest absolute Gasteiger partial charge is 0.412 e. The second-order valence-corrected chi connectivity index (χ2v) is 2.69. The summed E-state index contributed by atoms with van der Waals surface area (Å²) in [6.45, 7) is 2.24. The molecule has 0 saturated carbocycles. The van der Waals surface area contributed by atoms with E-state index in [2.05, 4.69) is 6.92 Å². The van der Waals surface area contributed by atoms with Crippen LogP contribution in [0.2, 0.25) is 4.13 Å². The molecular formula is C5H13OZr. The monoisotopic (exact) mass is 179 g/mol. The Morgan fingerprint density at radius 2 is 1.86 bits per heavy atom. The molecule has 0 aliphatic rings. The molecule has 0 aromatic carbocycles. The van der Waals surface area contributed by atoms with E-state index in [0.29, 0.717) is 0 Å². The zero-order valence-corrected chi connectivity index (χ0v) is 7.29. The minimum Gasteiger partial charge on any atom is -0.412 e. The van der Waals surface area contributed by atoms with Crippen molar-refractivity contribution in [2.75, 3.05) is 0 Å². The van der Waals surface area contributed by atoms with E-state index < -0.39 is 0 Å². The molecule has 2 N–H and O–H groups in total. The number of hydrogen-bond donors (Lipinski definition) is 0. The minimum absolute atomic E-state index is 0. The van der Waals surface area contributed by atoms with Gasteiger partial charge in [-0.1, -0.05) is 0 Å². The van der Waals surface area contributed by atoms with Crippen LogP contribution in [0.4, 0.5) is 0 Å². The van der Waals surface area contributed by atoms with Crippen molar-refractivity contribution in [3.8, 4) is 0 Å². The van der Waals surface area contributed by atoms with Gasteiger partial charge in [-0.2, -0.15) is 0 Å². The molecular weight excluding hydrogens is 167 g/mol. The summed E-state index contributed by atoms with van der Waals surface area (Å²) in [6.07, 6.45) is 4.26. The van der Waals surface area contributed by atoms with E-state index in [1.807, 2.05) is 0 Å². The van der Waals surface area contributed by atoms with Gasteiger partial charge in [0.15, 0.2) is 0 Å². The summed E-state index contributed by atoms with van der Waals surface area (Å²) in [5.74, 6) is 0. The SMILES string of the molecule is CCCC[CH2][Zr].O. The van der Waals surface area contributed by atoms with Gasteiger partial charge < -0.3 is 5.48 Å². The second kappa shape index (κ2) is 9.96. The normalized spacial score (nSPS) is 7.43. The molecule has 0 heterocycles. The molecule has 0 spiro atoms. The van der Waals surface area contributed by atoms with Gasteiger partial charge in [0.05, 0.1) is 0 Å². The summed E-state index contributed by atoms with van der Waals surface area (Å²) >= 11 is 1.69. The van der Waals surface area contributed by atoms with Crippen LogP contribution in [0.5, 0.6) is 0 Å². The van der Waals surface area contributed by atoms with Crippen molar-refractivity contribution in [2.24, 2.45) is 0 Å². The zero-order chi connectivity index (χ0) is 4.83. The first-order chi connectivity index (χ1) is 2.91. The fourth-order valence-corrected chi connectivity index (χ4v) is 0.990. The van der Waals surface area contributed by atoms with Crippen LogP contribution in [-0.2, 0) is 24.7 Å². The van der Waals surface area contributed by atoms with E-state index in [1.54, 1.807) is 24.7 Å². The van der Waals surface area contributed by atoms with E-state index in [0.717, 1.165) is 0 Å². The third-order valence-corrected chi connectivity index (χ3v) is 1.65. The Morgan fingerprint density at radius 3 is 2.00 bits per heavy atom. The topological polar surface area (TPSA) is 31.5 Å². The van der Waals surface area contributed by atoms with Crippen molar-refractivity contribution in [1.82, 2.24) is 0 Å². The molecule has 0 saturated heterocycles.